The zero-order chi connectivity index (χ0) is 13.1. The summed E-state index contributed by atoms with van der Waals surface area (Å²) in [4.78, 5) is 14.6. The van der Waals surface area contributed by atoms with E-state index in [0.717, 1.165) is 25.9 Å². The van der Waals surface area contributed by atoms with Crippen molar-refractivity contribution in [2.45, 2.75) is 38.8 Å². The molecule has 0 amide bonds. The van der Waals surface area contributed by atoms with Crippen LogP contribution >= 0.6 is 0 Å². The second-order valence-electron chi connectivity index (χ2n) is 4.46. The number of nitrogens with two attached hydrogens (primary N) is 1. The Morgan fingerprint density at radius 3 is 2.50 bits per heavy atom. The molecule has 0 aromatic carbocycles. The first-order valence-electron chi connectivity index (χ1n) is 6.33. The molecule has 7 heteroatoms. The van der Waals surface area contributed by atoms with Crippen molar-refractivity contribution in [3.05, 3.63) is 0 Å². The van der Waals surface area contributed by atoms with Crippen molar-refractivity contribution in [1.82, 2.24) is 15.0 Å². The van der Waals surface area contributed by atoms with Gasteiger partial charge in [-0.3, -0.25) is 0 Å². The maximum atomic E-state index is 9.24. The highest BCUT2D eigenvalue weighted by Crippen LogP contribution is 2.23. The van der Waals surface area contributed by atoms with E-state index in [1.165, 1.54) is 0 Å². The molecule has 1 aromatic rings. The number of nitrogens with one attached hydrogen (secondary N) is 1. The van der Waals surface area contributed by atoms with Crippen molar-refractivity contribution >= 4 is 17.8 Å². The van der Waals surface area contributed by atoms with Gasteiger partial charge in [-0.25, -0.2) is 0 Å². The smallest absolute Gasteiger partial charge is 0.231 e. The average molecular weight is 252 g/mol. The summed E-state index contributed by atoms with van der Waals surface area (Å²) in [5.74, 6) is 1.30. The van der Waals surface area contributed by atoms with Crippen LogP contribution in [-0.2, 0) is 0 Å². The number of hydrogen-bond donors (Lipinski definition) is 3. The Morgan fingerprint density at radius 1 is 1.28 bits per heavy atom. The van der Waals surface area contributed by atoms with Crippen molar-refractivity contribution in [1.29, 1.82) is 0 Å². The van der Waals surface area contributed by atoms with Crippen molar-refractivity contribution < 1.29 is 5.11 Å². The van der Waals surface area contributed by atoms with Gasteiger partial charge in [0.2, 0.25) is 17.8 Å². The lowest BCUT2D eigenvalue weighted by Crippen LogP contribution is -2.39. The van der Waals surface area contributed by atoms with Crippen LogP contribution in [0.25, 0.3) is 0 Å². The van der Waals surface area contributed by atoms with Crippen LogP contribution in [0.3, 0.4) is 0 Å². The third kappa shape index (κ3) is 2.79. The number of nitrogen functional groups attached to an aromatic ring is 1. The molecule has 1 heterocycles. The number of aromatic nitrogens is 3. The van der Waals surface area contributed by atoms with Gasteiger partial charge in [-0.2, -0.15) is 15.0 Å². The van der Waals surface area contributed by atoms with Crippen molar-refractivity contribution in [3.63, 3.8) is 0 Å². The minimum absolute atomic E-state index is 0.205. The summed E-state index contributed by atoms with van der Waals surface area (Å²) in [6.45, 7) is 5.72. The quantitative estimate of drug-likeness (QED) is 0.690. The molecule has 2 rings (SSSR count). The molecule has 1 aliphatic carbocycles. The van der Waals surface area contributed by atoms with Gasteiger partial charge in [0, 0.05) is 19.1 Å². The van der Waals surface area contributed by atoms with Crippen LogP contribution in [0.15, 0.2) is 0 Å². The van der Waals surface area contributed by atoms with Gasteiger partial charge in [-0.15, -0.1) is 0 Å². The number of aliphatic hydroxyl groups is 1. The summed E-state index contributed by atoms with van der Waals surface area (Å²) >= 11 is 0. The molecule has 7 nitrogen and oxygen atoms in total. The standard InChI is InChI=1S/C11H20N6O/c1-3-17(4-2)11-15-9(12)14-10(16-11)13-7-5-8(18)6-7/h7-8,18H,3-6H2,1-2H3,(H3,12,13,14,15,16). The highest BCUT2D eigenvalue weighted by molar-refractivity contribution is 5.42. The lowest BCUT2D eigenvalue weighted by Gasteiger charge is -2.32. The van der Waals surface area contributed by atoms with E-state index in [-0.39, 0.29) is 18.1 Å². The summed E-state index contributed by atoms with van der Waals surface area (Å²) in [5.41, 5.74) is 5.69. The van der Waals surface area contributed by atoms with Gasteiger partial charge in [-0.05, 0) is 26.7 Å². The first kappa shape index (κ1) is 12.8. The molecule has 0 aliphatic heterocycles. The molecule has 18 heavy (non-hydrogen) atoms. The fraction of sp³-hybridized carbons (Fsp3) is 0.727. The molecule has 0 spiro atoms. The number of nitrogens with zero attached hydrogens (tertiary/aromatic N) is 4. The fourth-order valence-electron chi connectivity index (χ4n) is 1.98. The van der Waals surface area contributed by atoms with Crippen LogP contribution < -0.4 is 16.0 Å². The van der Waals surface area contributed by atoms with Crippen LogP contribution in [-0.4, -0.2) is 45.3 Å². The summed E-state index contributed by atoms with van der Waals surface area (Å²) in [7, 11) is 0. The Kier molecular flexibility index (Phi) is 3.81. The molecule has 1 fully saturated rings. The average Bonchev–Trinajstić information content (AvgIpc) is 2.28. The van der Waals surface area contributed by atoms with Gasteiger partial charge in [0.15, 0.2) is 0 Å². The van der Waals surface area contributed by atoms with Crippen LogP contribution in [0.5, 0.6) is 0 Å². The van der Waals surface area contributed by atoms with E-state index in [0.29, 0.717) is 11.9 Å². The normalized spacial score (nSPS) is 22.4. The largest absolute Gasteiger partial charge is 0.393 e. The van der Waals surface area contributed by atoms with Crippen molar-refractivity contribution in [2.24, 2.45) is 0 Å². The molecule has 1 aromatic heterocycles. The van der Waals surface area contributed by atoms with Crippen LogP contribution in [0.2, 0.25) is 0 Å². The zero-order valence-electron chi connectivity index (χ0n) is 10.8. The third-order valence-electron chi connectivity index (χ3n) is 3.13. The Bertz CT molecular complexity index is 403. The summed E-state index contributed by atoms with van der Waals surface area (Å²) in [5, 5.41) is 12.4. The Labute approximate surface area is 106 Å². The van der Waals surface area contributed by atoms with Crippen molar-refractivity contribution in [2.75, 3.05) is 29.0 Å². The molecular weight excluding hydrogens is 232 g/mol. The molecular formula is C11H20N6O. The monoisotopic (exact) mass is 252 g/mol. The molecule has 0 radical (unpaired) electrons. The number of rotatable bonds is 5. The molecule has 0 saturated heterocycles. The third-order valence-corrected chi connectivity index (χ3v) is 3.13. The molecule has 4 N–H and O–H groups in total. The second kappa shape index (κ2) is 5.34. The van der Waals surface area contributed by atoms with Gasteiger partial charge in [0.05, 0.1) is 6.10 Å². The summed E-state index contributed by atoms with van der Waals surface area (Å²) in [6.07, 6.45) is 1.25. The summed E-state index contributed by atoms with van der Waals surface area (Å²) in [6, 6.07) is 0.228. The molecule has 0 bridgehead atoms. The minimum atomic E-state index is -0.205. The predicted octanol–water partition coefficient (Wildman–Crippen LogP) is 0.235. The second-order valence-corrected chi connectivity index (χ2v) is 4.46. The molecule has 1 aliphatic rings. The van der Waals surface area contributed by atoms with E-state index in [9.17, 15) is 5.11 Å². The van der Waals surface area contributed by atoms with E-state index < -0.39 is 0 Å². The zero-order valence-corrected chi connectivity index (χ0v) is 10.8. The molecule has 0 unspecified atom stereocenters. The topological polar surface area (TPSA) is 100 Å². The van der Waals surface area contributed by atoms with E-state index in [2.05, 4.69) is 20.3 Å². The fourth-order valence-corrected chi connectivity index (χ4v) is 1.98. The van der Waals surface area contributed by atoms with Crippen LogP contribution in [0, 0.1) is 0 Å². The van der Waals surface area contributed by atoms with E-state index in [1.54, 1.807) is 0 Å². The van der Waals surface area contributed by atoms with Crippen LogP contribution in [0.1, 0.15) is 26.7 Å². The Hall–Kier alpha value is -1.63. The van der Waals surface area contributed by atoms with Gasteiger partial charge >= 0.3 is 0 Å². The van der Waals surface area contributed by atoms with Gasteiger partial charge in [0.25, 0.3) is 0 Å². The first-order valence-corrected chi connectivity index (χ1v) is 6.33. The van der Waals surface area contributed by atoms with E-state index in [1.807, 2.05) is 18.7 Å². The summed E-state index contributed by atoms with van der Waals surface area (Å²) < 4.78 is 0. The minimum Gasteiger partial charge on any atom is -0.393 e. The predicted molar refractivity (Wildman–Crippen MR) is 70.5 cm³/mol. The van der Waals surface area contributed by atoms with Crippen LogP contribution in [0.4, 0.5) is 17.8 Å². The number of hydrogen-bond acceptors (Lipinski definition) is 7. The maximum absolute atomic E-state index is 9.24. The molecule has 1 saturated carbocycles. The van der Waals surface area contributed by atoms with E-state index >= 15 is 0 Å². The first-order chi connectivity index (χ1) is 8.62. The SMILES string of the molecule is CCN(CC)c1nc(N)nc(NC2CC(O)C2)n1. The highest BCUT2D eigenvalue weighted by Gasteiger charge is 2.27. The van der Waals surface area contributed by atoms with Gasteiger partial charge < -0.3 is 21.1 Å². The van der Waals surface area contributed by atoms with Gasteiger partial charge in [0.1, 0.15) is 0 Å². The number of aliphatic hydroxyl groups excluding tert-OH is 1. The lowest BCUT2D eigenvalue weighted by atomic mass is 9.90. The molecule has 0 atom stereocenters. The van der Waals surface area contributed by atoms with Gasteiger partial charge in [-0.1, -0.05) is 0 Å². The number of anilines is 3. The highest BCUT2D eigenvalue weighted by atomic mass is 16.3. The Balaban J connectivity index is 2.10. The Morgan fingerprint density at radius 2 is 1.94 bits per heavy atom. The van der Waals surface area contributed by atoms with E-state index in [4.69, 9.17) is 5.73 Å². The lowest BCUT2D eigenvalue weighted by molar-refractivity contribution is 0.0834. The maximum Gasteiger partial charge on any atom is 0.231 e. The molecule has 100 valence electrons. The van der Waals surface area contributed by atoms with Crippen molar-refractivity contribution in [3.8, 4) is 0 Å².